The second kappa shape index (κ2) is 9.04. The Morgan fingerprint density at radius 3 is 2.26 bits per heavy atom. The van der Waals surface area contributed by atoms with E-state index >= 15 is 0 Å². The molecule has 0 aliphatic carbocycles. The van der Waals surface area contributed by atoms with Gasteiger partial charge in [-0.15, -0.1) is 0 Å². The van der Waals surface area contributed by atoms with E-state index in [1.54, 1.807) is 0 Å². The average Bonchev–Trinajstić information content (AvgIpc) is 2.71. The normalized spacial score (nSPS) is 10.6. The number of hydrogen-bond donors (Lipinski definition) is 2. The van der Waals surface area contributed by atoms with Gasteiger partial charge in [-0.25, -0.2) is 0 Å². The SMILES string of the molecule is CC(C)CNC(=O)c1cccc(NCc2ccc(-c3ccccc3)cc2)c1. The molecular formula is C24H26N2O. The highest BCUT2D eigenvalue weighted by Gasteiger charge is 2.06. The fraction of sp³-hybridized carbons (Fsp3) is 0.208. The molecule has 0 saturated carbocycles. The zero-order chi connectivity index (χ0) is 19.1. The van der Waals surface area contributed by atoms with Crippen LogP contribution in [-0.4, -0.2) is 12.5 Å². The highest BCUT2D eigenvalue weighted by atomic mass is 16.1. The maximum atomic E-state index is 12.2. The van der Waals surface area contributed by atoms with Crippen LogP contribution in [0.15, 0.2) is 78.9 Å². The Balaban J connectivity index is 1.60. The van der Waals surface area contributed by atoms with Gasteiger partial charge in [0.05, 0.1) is 0 Å². The Bertz CT molecular complexity index is 870. The minimum atomic E-state index is -0.0282. The standard InChI is InChI=1S/C24H26N2O/c1-18(2)16-26-24(27)22-9-6-10-23(15-22)25-17-19-11-13-21(14-12-19)20-7-4-3-5-8-20/h3-15,18,25H,16-17H2,1-2H3,(H,26,27). The van der Waals surface area contributed by atoms with E-state index in [9.17, 15) is 4.79 Å². The van der Waals surface area contributed by atoms with Gasteiger partial charge in [0.2, 0.25) is 0 Å². The molecule has 3 aromatic rings. The molecule has 0 fully saturated rings. The summed E-state index contributed by atoms with van der Waals surface area (Å²) in [6.45, 7) is 5.57. The zero-order valence-corrected chi connectivity index (χ0v) is 15.9. The number of benzene rings is 3. The fourth-order valence-corrected chi connectivity index (χ4v) is 2.82. The Morgan fingerprint density at radius 1 is 0.852 bits per heavy atom. The average molecular weight is 358 g/mol. The molecule has 0 aromatic heterocycles. The molecule has 0 aliphatic heterocycles. The molecule has 0 radical (unpaired) electrons. The van der Waals surface area contributed by atoms with E-state index in [-0.39, 0.29) is 5.91 Å². The molecule has 0 saturated heterocycles. The number of nitrogens with one attached hydrogen (secondary N) is 2. The van der Waals surface area contributed by atoms with Crippen LogP contribution in [0.4, 0.5) is 5.69 Å². The first-order valence-electron chi connectivity index (χ1n) is 9.38. The van der Waals surface area contributed by atoms with Crippen LogP contribution in [0.3, 0.4) is 0 Å². The lowest BCUT2D eigenvalue weighted by molar-refractivity contribution is 0.0949. The first kappa shape index (κ1) is 18.7. The lowest BCUT2D eigenvalue weighted by Gasteiger charge is -2.11. The van der Waals surface area contributed by atoms with Gasteiger partial charge < -0.3 is 10.6 Å². The quantitative estimate of drug-likeness (QED) is 0.597. The number of carbonyl (C=O) groups is 1. The lowest BCUT2D eigenvalue weighted by Crippen LogP contribution is -2.27. The summed E-state index contributed by atoms with van der Waals surface area (Å²) in [5.74, 6) is 0.411. The highest BCUT2D eigenvalue weighted by Crippen LogP contribution is 2.20. The van der Waals surface area contributed by atoms with E-state index < -0.39 is 0 Å². The second-order valence-electron chi connectivity index (χ2n) is 7.10. The van der Waals surface area contributed by atoms with Crippen LogP contribution in [0.2, 0.25) is 0 Å². The van der Waals surface area contributed by atoms with E-state index in [2.05, 4.69) is 73.0 Å². The fourth-order valence-electron chi connectivity index (χ4n) is 2.82. The lowest BCUT2D eigenvalue weighted by atomic mass is 10.0. The summed E-state index contributed by atoms with van der Waals surface area (Å²) in [7, 11) is 0. The van der Waals surface area contributed by atoms with Crippen molar-refractivity contribution in [3.63, 3.8) is 0 Å². The molecule has 3 nitrogen and oxygen atoms in total. The highest BCUT2D eigenvalue weighted by molar-refractivity contribution is 5.95. The van der Waals surface area contributed by atoms with Crippen molar-refractivity contribution in [1.82, 2.24) is 5.32 Å². The van der Waals surface area contributed by atoms with Crippen LogP contribution < -0.4 is 10.6 Å². The molecule has 1 amide bonds. The van der Waals surface area contributed by atoms with E-state index in [1.807, 2.05) is 30.3 Å². The van der Waals surface area contributed by atoms with Crippen LogP contribution in [0, 0.1) is 5.92 Å². The van der Waals surface area contributed by atoms with Crippen molar-refractivity contribution in [3.8, 4) is 11.1 Å². The predicted molar refractivity (Wildman–Crippen MR) is 113 cm³/mol. The van der Waals surface area contributed by atoms with Crippen LogP contribution in [-0.2, 0) is 6.54 Å². The van der Waals surface area contributed by atoms with Gasteiger partial charge in [-0.2, -0.15) is 0 Å². The Kier molecular flexibility index (Phi) is 6.26. The molecular weight excluding hydrogens is 332 g/mol. The number of anilines is 1. The molecule has 3 aromatic carbocycles. The van der Waals surface area contributed by atoms with Crippen molar-refractivity contribution in [2.24, 2.45) is 5.92 Å². The van der Waals surface area contributed by atoms with Gasteiger partial charge in [-0.3, -0.25) is 4.79 Å². The van der Waals surface area contributed by atoms with Gasteiger partial charge in [0.25, 0.3) is 5.91 Å². The van der Waals surface area contributed by atoms with Gasteiger partial charge in [0, 0.05) is 24.3 Å². The van der Waals surface area contributed by atoms with Crippen molar-refractivity contribution in [2.45, 2.75) is 20.4 Å². The van der Waals surface area contributed by atoms with Crippen LogP contribution in [0.25, 0.3) is 11.1 Å². The molecule has 138 valence electrons. The van der Waals surface area contributed by atoms with Crippen molar-refractivity contribution in [2.75, 3.05) is 11.9 Å². The van der Waals surface area contributed by atoms with Gasteiger partial charge in [0.1, 0.15) is 0 Å². The summed E-state index contributed by atoms with van der Waals surface area (Å²) >= 11 is 0. The van der Waals surface area contributed by atoms with Gasteiger partial charge in [-0.05, 0) is 40.8 Å². The van der Waals surface area contributed by atoms with Crippen molar-refractivity contribution >= 4 is 11.6 Å². The van der Waals surface area contributed by atoms with Crippen molar-refractivity contribution in [3.05, 3.63) is 90.0 Å². The summed E-state index contributed by atoms with van der Waals surface area (Å²) in [5.41, 5.74) is 5.25. The summed E-state index contributed by atoms with van der Waals surface area (Å²) in [6, 6.07) is 26.5. The van der Waals surface area contributed by atoms with Crippen molar-refractivity contribution in [1.29, 1.82) is 0 Å². The van der Waals surface area contributed by atoms with E-state index in [0.717, 1.165) is 5.69 Å². The largest absolute Gasteiger partial charge is 0.381 e. The van der Waals surface area contributed by atoms with Gasteiger partial charge in [-0.1, -0.05) is 74.5 Å². The molecule has 0 aliphatic rings. The molecule has 3 rings (SSSR count). The molecule has 2 N–H and O–H groups in total. The first-order chi connectivity index (χ1) is 13.1. The van der Waals surface area contributed by atoms with Gasteiger partial charge >= 0.3 is 0 Å². The maximum absolute atomic E-state index is 12.2. The second-order valence-corrected chi connectivity index (χ2v) is 7.10. The number of carbonyl (C=O) groups excluding carboxylic acids is 1. The minimum absolute atomic E-state index is 0.0282. The maximum Gasteiger partial charge on any atom is 0.251 e. The van der Waals surface area contributed by atoms with Crippen LogP contribution >= 0.6 is 0 Å². The third-order valence-electron chi connectivity index (χ3n) is 4.35. The molecule has 0 atom stereocenters. The Hall–Kier alpha value is -3.07. The Labute approximate surface area is 161 Å². The van der Waals surface area contributed by atoms with Crippen LogP contribution in [0.1, 0.15) is 29.8 Å². The number of rotatable bonds is 7. The molecule has 3 heteroatoms. The van der Waals surface area contributed by atoms with E-state index in [1.165, 1.54) is 16.7 Å². The van der Waals surface area contributed by atoms with E-state index in [0.29, 0.717) is 24.6 Å². The molecule has 0 unspecified atom stereocenters. The number of hydrogen-bond acceptors (Lipinski definition) is 2. The summed E-state index contributed by atoms with van der Waals surface area (Å²) in [6.07, 6.45) is 0. The monoisotopic (exact) mass is 358 g/mol. The predicted octanol–water partition coefficient (Wildman–Crippen LogP) is 5.35. The summed E-state index contributed by atoms with van der Waals surface area (Å²) in [4.78, 5) is 12.2. The summed E-state index contributed by atoms with van der Waals surface area (Å²) in [5, 5.41) is 6.35. The molecule has 0 spiro atoms. The van der Waals surface area contributed by atoms with E-state index in [4.69, 9.17) is 0 Å². The minimum Gasteiger partial charge on any atom is -0.381 e. The van der Waals surface area contributed by atoms with Crippen LogP contribution in [0.5, 0.6) is 0 Å². The topological polar surface area (TPSA) is 41.1 Å². The summed E-state index contributed by atoms with van der Waals surface area (Å²) < 4.78 is 0. The third-order valence-corrected chi connectivity index (χ3v) is 4.35. The molecule has 27 heavy (non-hydrogen) atoms. The third kappa shape index (κ3) is 5.45. The molecule has 0 heterocycles. The Morgan fingerprint density at radius 2 is 1.56 bits per heavy atom. The van der Waals surface area contributed by atoms with Gasteiger partial charge in [0.15, 0.2) is 0 Å². The van der Waals surface area contributed by atoms with Crippen molar-refractivity contribution < 1.29 is 4.79 Å². The zero-order valence-electron chi connectivity index (χ0n) is 15.9. The molecule has 0 bridgehead atoms. The first-order valence-corrected chi connectivity index (χ1v) is 9.38. The number of amides is 1. The smallest absolute Gasteiger partial charge is 0.251 e.